The van der Waals surface area contributed by atoms with E-state index in [1.54, 1.807) is 11.1 Å². The molecule has 13 nitrogen and oxygen atoms in total. The predicted molar refractivity (Wildman–Crippen MR) is 215 cm³/mol. The smallest absolute Gasteiger partial charge is 0.317 e. The molecule has 2 aliphatic carbocycles. The van der Waals surface area contributed by atoms with E-state index < -0.39 is 42.7 Å². The van der Waals surface area contributed by atoms with Crippen LogP contribution < -0.4 is 10.1 Å². The van der Waals surface area contributed by atoms with Crippen molar-refractivity contribution in [1.29, 1.82) is 0 Å². The minimum absolute atomic E-state index is 0.0546. The Bertz CT molecular complexity index is 1840. The minimum atomic E-state index is -1.77. The number of likely N-dealkylation sites (tertiary alicyclic amines) is 1. The summed E-state index contributed by atoms with van der Waals surface area (Å²) in [4.78, 5) is 33.1. The minimum Gasteiger partial charge on any atom is -0.490 e. The van der Waals surface area contributed by atoms with Crippen LogP contribution in [0, 0.1) is 0 Å². The number of ether oxygens (including phenoxy) is 2. The Morgan fingerprint density at radius 2 is 1.63 bits per heavy atom. The third-order valence-corrected chi connectivity index (χ3v) is 11.8. The number of hydrogen-bond acceptors (Lipinski definition) is 10. The van der Waals surface area contributed by atoms with Gasteiger partial charge in [-0.25, -0.2) is 4.79 Å². The van der Waals surface area contributed by atoms with E-state index in [1.165, 1.54) is 11.9 Å². The molecule has 1 aromatic heterocycles. The van der Waals surface area contributed by atoms with Crippen molar-refractivity contribution in [3.8, 4) is 16.9 Å². The van der Waals surface area contributed by atoms with E-state index >= 15 is 0 Å². The number of carbonyl (C=O) groups is 2. The van der Waals surface area contributed by atoms with Crippen LogP contribution in [0.15, 0.2) is 54.9 Å². The maximum absolute atomic E-state index is 13.0. The SMILES string of the molecule is CN(CC(O)C(O)C(O)C(O)CO)C(=O)NC1CCN(C(=O)CCCCc2cc(Cl)c(COC3(c4cnccc4-c4ccccc4OC4CC4)CC3)cc2Cl)CC1. The fourth-order valence-corrected chi connectivity index (χ4v) is 7.77. The fraction of sp³-hybridized carbons (Fsp3) is 0.548. The molecule has 1 saturated heterocycles. The van der Waals surface area contributed by atoms with Crippen LogP contribution in [0.2, 0.25) is 10.0 Å². The summed E-state index contributed by atoms with van der Waals surface area (Å²) in [5.74, 6) is 0.933. The molecule has 6 N–H and O–H groups in total. The van der Waals surface area contributed by atoms with Crippen LogP contribution in [0.3, 0.4) is 0 Å². The summed E-state index contributed by atoms with van der Waals surface area (Å²) in [6, 6.07) is 13.3. The van der Waals surface area contributed by atoms with E-state index in [9.17, 15) is 30.0 Å². The van der Waals surface area contributed by atoms with Crippen molar-refractivity contribution in [3.63, 3.8) is 0 Å². The van der Waals surface area contributed by atoms with Crippen molar-refractivity contribution in [3.05, 3.63) is 81.6 Å². The number of amides is 3. The second-order valence-corrected chi connectivity index (χ2v) is 16.4. The Morgan fingerprint density at radius 3 is 2.33 bits per heavy atom. The van der Waals surface area contributed by atoms with Crippen LogP contribution in [-0.4, -0.2) is 122 Å². The third kappa shape index (κ3) is 11.2. The molecule has 2 aromatic carbocycles. The van der Waals surface area contributed by atoms with Gasteiger partial charge in [-0.2, -0.15) is 0 Å². The van der Waals surface area contributed by atoms with Crippen LogP contribution >= 0.6 is 23.2 Å². The number of piperidine rings is 1. The molecule has 3 fully saturated rings. The molecule has 1 aliphatic heterocycles. The lowest BCUT2D eigenvalue weighted by Gasteiger charge is -2.34. The molecule has 15 heteroatoms. The molecule has 0 radical (unpaired) electrons. The van der Waals surface area contributed by atoms with E-state index in [0.717, 1.165) is 65.7 Å². The highest BCUT2D eigenvalue weighted by Crippen LogP contribution is 2.53. The standard InChI is InChI=1S/C42H54Cl2N4O9/c1-47(23-35(50)39(53)40(54)36(51)24-49)41(55)46-28-13-18-48(19-14-28)38(52)9-5-2-6-26-20-34(44)27(21-33(26)43)25-56-42(15-16-42)32-22-45-17-12-30(32)31-7-3-4-8-37(31)57-29-10-11-29/h3-4,7-8,12,17,20-22,28-29,35-36,39-40,49-51,53-54H,2,5-6,9-11,13-16,18-19,23-25H2,1H3,(H,46,55). The van der Waals surface area contributed by atoms with Crippen LogP contribution in [0.1, 0.15) is 74.5 Å². The molecule has 310 valence electrons. The molecule has 2 saturated carbocycles. The molecule has 3 amide bonds. The summed E-state index contributed by atoms with van der Waals surface area (Å²) in [7, 11) is 1.43. The van der Waals surface area contributed by atoms with Gasteiger partial charge in [0.05, 0.1) is 31.5 Å². The molecule has 3 aliphatic rings. The molecule has 57 heavy (non-hydrogen) atoms. The van der Waals surface area contributed by atoms with Gasteiger partial charge in [0.2, 0.25) is 5.91 Å². The van der Waals surface area contributed by atoms with Crippen LogP contribution in [-0.2, 0) is 28.2 Å². The number of urea groups is 1. The lowest BCUT2D eigenvalue weighted by Crippen LogP contribution is -2.53. The van der Waals surface area contributed by atoms with Gasteiger partial charge in [0, 0.05) is 66.2 Å². The van der Waals surface area contributed by atoms with Gasteiger partial charge in [0.15, 0.2) is 0 Å². The predicted octanol–water partition coefficient (Wildman–Crippen LogP) is 4.58. The number of likely N-dealkylation sites (N-methyl/N-ethyl adjacent to an activating group) is 1. The number of aliphatic hydroxyl groups excluding tert-OH is 5. The number of nitrogens with one attached hydrogen (secondary N) is 1. The van der Waals surface area contributed by atoms with Gasteiger partial charge in [-0.05, 0) is 98.7 Å². The number of carbonyl (C=O) groups excluding carboxylic acids is 2. The Hall–Kier alpha value is -3.53. The van der Waals surface area contributed by atoms with Crippen LogP contribution in [0.5, 0.6) is 5.75 Å². The average molecular weight is 830 g/mol. The number of nitrogens with zero attached hydrogens (tertiary/aromatic N) is 3. The second kappa shape index (κ2) is 19.5. The fourth-order valence-electron chi connectivity index (χ4n) is 7.24. The Balaban J connectivity index is 0.923. The number of unbranched alkanes of at least 4 members (excludes halogenated alkanes) is 1. The third-order valence-electron chi connectivity index (χ3n) is 11.1. The summed E-state index contributed by atoms with van der Waals surface area (Å²) in [6.07, 6.45) is 4.84. The zero-order valence-electron chi connectivity index (χ0n) is 32.2. The van der Waals surface area contributed by atoms with Gasteiger partial charge in [-0.3, -0.25) is 9.78 Å². The number of rotatable bonds is 19. The molecule has 4 atom stereocenters. The maximum atomic E-state index is 13.0. The number of benzene rings is 2. The number of hydrogen-bond donors (Lipinski definition) is 6. The molecule has 0 spiro atoms. The molecule has 4 unspecified atom stereocenters. The van der Waals surface area contributed by atoms with Gasteiger partial charge in [-0.15, -0.1) is 0 Å². The first kappa shape index (κ1) is 43.1. The number of aryl methyl sites for hydroxylation is 1. The topological polar surface area (TPSA) is 185 Å². The van der Waals surface area contributed by atoms with Crippen molar-refractivity contribution < 1.29 is 44.6 Å². The summed E-state index contributed by atoms with van der Waals surface area (Å²) in [6.45, 7) is 0.196. The molecule has 0 bridgehead atoms. The average Bonchev–Trinajstić information content (AvgIpc) is 4.17. The molecular weight excluding hydrogens is 775 g/mol. The van der Waals surface area contributed by atoms with Crippen molar-refractivity contribution in [2.24, 2.45) is 0 Å². The first-order valence-electron chi connectivity index (χ1n) is 19.8. The highest BCUT2D eigenvalue weighted by Gasteiger charge is 2.48. The van der Waals surface area contributed by atoms with Gasteiger partial charge in [-0.1, -0.05) is 41.4 Å². The molecule has 6 rings (SSSR count). The first-order valence-corrected chi connectivity index (χ1v) is 20.6. The largest absolute Gasteiger partial charge is 0.490 e. The first-order chi connectivity index (χ1) is 27.4. The van der Waals surface area contributed by atoms with E-state index in [0.29, 0.717) is 61.8 Å². The van der Waals surface area contributed by atoms with Crippen molar-refractivity contribution in [2.75, 3.05) is 33.3 Å². The molecular formula is C42H54Cl2N4O9. The van der Waals surface area contributed by atoms with E-state index in [1.807, 2.05) is 42.6 Å². The highest BCUT2D eigenvalue weighted by molar-refractivity contribution is 6.34. The Labute approximate surface area is 343 Å². The van der Waals surface area contributed by atoms with Crippen LogP contribution in [0.4, 0.5) is 4.79 Å². The number of aromatic nitrogens is 1. The lowest BCUT2D eigenvalue weighted by atomic mass is 9.96. The molecule has 3 aromatic rings. The number of aliphatic hydroxyl groups is 5. The zero-order valence-corrected chi connectivity index (χ0v) is 33.7. The summed E-state index contributed by atoms with van der Waals surface area (Å²) >= 11 is 13.5. The Kier molecular flexibility index (Phi) is 14.7. The summed E-state index contributed by atoms with van der Waals surface area (Å²) in [5, 5.41) is 52.6. The Morgan fingerprint density at radius 1 is 0.947 bits per heavy atom. The van der Waals surface area contributed by atoms with Crippen molar-refractivity contribution >= 4 is 35.1 Å². The number of pyridine rings is 1. The van der Waals surface area contributed by atoms with Crippen molar-refractivity contribution in [2.45, 2.75) is 113 Å². The second-order valence-electron chi connectivity index (χ2n) is 15.5. The monoisotopic (exact) mass is 828 g/mol. The quantitative estimate of drug-likeness (QED) is 0.0936. The zero-order chi connectivity index (χ0) is 40.7. The van der Waals surface area contributed by atoms with E-state index in [2.05, 4.69) is 16.4 Å². The van der Waals surface area contributed by atoms with Crippen molar-refractivity contribution in [1.82, 2.24) is 20.1 Å². The molecule has 2 heterocycles. The normalized spacial score (nSPS) is 18.7. The number of halogens is 2. The number of para-hydroxylation sites is 1. The van der Waals surface area contributed by atoms with Gasteiger partial charge in [0.1, 0.15) is 30.2 Å². The van der Waals surface area contributed by atoms with Gasteiger partial charge >= 0.3 is 6.03 Å². The van der Waals surface area contributed by atoms with E-state index in [4.69, 9.17) is 37.8 Å². The van der Waals surface area contributed by atoms with E-state index in [-0.39, 0.29) is 24.6 Å². The maximum Gasteiger partial charge on any atom is 0.317 e. The highest BCUT2D eigenvalue weighted by atomic mass is 35.5. The van der Waals surface area contributed by atoms with Gasteiger partial charge < -0.3 is 50.1 Å². The van der Waals surface area contributed by atoms with Gasteiger partial charge in [0.25, 0.3) is 0 Å². The lowest BCUT2D eigenvalue weighted by molar-refractivity contribution is -0.132. The summed E-state index contributed by atoms with van der Waals surface area (Å²) in [5.41, 5.74) is 4.40. The summed E-state index contributed by atoms with van der Waals surface area (Å²) < 4.78 is 12.9. The van der Waals surface area contributed by atoms with Crippen LogP contribution in [0.25, 0.3) is 11.1 Å².